The number of amides is 1. The van der Waals surface area contributed by atoms with Crippen LogP contribution in [0.25, 0.3) is 0 Å². The molecule has 7 nitrogen and oxygen atoms in total. The number of anilines is 1. The van der Waals surface area contributed by atoms with Crippen LogP contribution in [0, 0.1) is 5.92 Å². The number of halogens is 3. The molecule has 1 aliphatic rings. The maximum Gasteiger partial charge on any atom is 0.573 e. The molecule has 1 aliphatic heterocycles. The van der Waals surface area contributed by atoms with Crippen LogP contribution in [0.4, 0.5) is 18.9 Å². The predicted molar refractivity (Wildman–Crippen MR) is 88.7 cm³/mol. The monoisotopic (exact) mass is 395 g/mol. The van der Waals surface area contributed by atoms with E-state index in [1.165, 1.54) is 30.5 Å². The molecule has 146 valence electrons. The Morgan fingerprint density at radius 1 is 1.27 bits per heavy atom. The van der Waals surface area contributed by atoms with Crippen molar-refractivity contribution < 1.29 is 31.1 Å². The molecule has 0 aliphatic carbocycles. The largest absolute Gasteiger partial charge is 0.573 e. The maximum absolute atomic E-state index is 12.4. The van der Waals surface area contributed by atoms with Crippen LogP contribution in [0.1, 0.15) is 12.8 Å². The van der Waals surface area contributed by atoms with Crippen LogP contribution in [0.3, 0.4) is 0 Å². The highest BCUT2D eigenvalue weighted by Crippen LogP contribution is 2.25. The van der Waals surface area contributed by atoms with E-state index in [0.29, 0.717) is 25.1 Å². The van der Waals surface area contributed by atoms with Gasteiger partial charge in [0.2, 0.25) is 5.91 Å². The Kier molecular flexibility index (Phi) is 6.14. The molecular weight excluding hydrogens is 375 g/mol. The summed E-state index contributed by atoms with van der Waals surface area (Å²) in [5, 5.41) is 2.59. The van der Waals surface area contributed by atoms with Crippen molar-refractivity contribution in [3.8, 4) is 5.75 Å². The van der Waals surface area contributed by atoms with E-state index >= 15 is 0 Å². The minimum absolute atomic E-state index is 0.0572. The molecule has 1 N–H and O–H groups in total. The van der Waals surface area contributed by atoms with E-state index in [1.54, 1.807) is 0 Å². The van der Waals surface area contributed by atoms with Gasteiger partial charge in [0.25, 0.3) is 10.2 Å². The van der Waals surface area contributed by atoms with Crippen molar-refractivity contribution in [3.63, 3.8) is 0 Å². The smallest absolute Gasteiger partial charge is 0.406 e. The molecule has 2 rings (SSSR count). The van der Waals surface area contributed by atoms with Crippen molar-refractivity contribution in [1.29, 1.82) is 0 Å². The van der Waals surface area contributed by atoms with Crippen LogP contribution in [0.2, 0.25) is 0 Å². The zero-order valence-corrected chi connectivity index (χ0v) is 15.1. The fraction of sp³-hybridized carbons (Fsp3) is 0.533. The fourth-order valence-electron chi connectivity index (χ4n) is 2.58. The van der Waals surface area contributed by atoms with Gasteiger partial charge in [-0.05, 0) is 37.1 Å². The molecule has 1 fully saturated rings. The molecule has 0 saturated carbocycles. The van der Waals surface area contributed by atoms with Crippen molar-refractivity contribution in [2.24, 2.45) is 5.92 Å². The highest BCUT2D eigenvalue weighted by atomic mass is 32.2. The lowest BCUT2D eigenvalue weighted by Gasteiger charge is -2.32. The Morgan fingerprint density at radius 3 is 2.42 bits per heavy atom. The molecule has 1 amide bonds. The number of carbonyl (C=O) groups is 1. The van der Waals surface area contributed by atoms with Crippen LogP contribution in [0.15, 0.2) is 24.3 Å². The SMILES string of the molecule is CN(C)S(=O)(=O)N1CCCC(C(=O)Nc2ccc(OC(F)(F)F)cc2)C1. The Bertz CT molecular complexity index is 735. The van der Waals surface area contributed by atoms with Crippen LogP contribution in [0.5, 0.6) is 5.75 Å². The van der Waals surface area contributed by atoms with Gasteiger partial charge in [0.1, 0.15) is 5.75 Å². The maximum atomic E-state index is 12.4. The van der Waals surface area contributed by atoms with Gasteiger partial charge in [-0.2, -0.15) is 17.0 Å². The summed E-state index contributed by atoms with van der Waals surface area (Å²) in [4.78, 5) is 12.4. The molecule has 1 aromatic carbocycles. The van der Waals surface area contributed by atoms with E-state index in [1.807, 2.05) is 0 Å². The second kappa shape index (κ2) is 7.80. The molecule has 0 radical (unpaired) electrons. The number of nitrogens with zero attached hydrogens (tertiary/aromatic N) is 2. The number of hydrogen-bond acceptors (Lipinski definition) is 4. The van der Waals surface area contributed by atoms with Gasteiger partial charge < -0.3 is 10.1 Å². The van der Waals surface area contributed by atoms with Crippen LogP contribution in [-0.4, -0.2) is 56.5 Å². The average Bonchev–Trinajstić information content (AvgIpc) is 2.55. The number of rotatable bonds is 5. The molecule has 0 spiro atoms. The Labute approximate surface area is 149 Å². The predicted octanol–water partition coefficient (Wildman–Crippen LogP) is 2.04. The third-order valence-electron chi connectivity index (χ3n) is 3.90. The first-order valence-corrected chi connectivity index (χ1v) is 9.23. The van der Waals surface area contributed by atoms with Gasteiger partial charge in [0.15, 0.2) is 0 Å². The summed E-state index contributed by atoms with van der Waals surface area (Å²) in [7, 11) is -0.758. The van der Waals surface area contributed by atoms with Gasteiger partial charge in [0.05, 0.1) is 5.92 Å². The van der Waals surface area contributed by atoms with E-state index in [4.69, 9.17) is 0 Å². The van der Waals surface area contributed by atoms with Crippen molar-refractivity contribution in [2.45, 2.75) is 19.2 Å². The number of alkyl halides is 3. The molecule has 26 heavy (non-hydrogen) atoms. The minimum Gasteiger partial charge on any atom is -0.406 e. The van der Waals surface area contributed by atoms with Gasteiger partial charge >= 0.3 is 6.36 Å². The lowest BCUT2D eigenvalue weighted by atomic mass is 9.99. The summed E-state index contributed by atoms with van der Waals surface area (Å²) in [5.41, 5.74) is 0.303. The summed E-state index contributed by atoms with van der Waals surface area (Å²) in [6.07, 6.45) is -3.71. The van der Waals surface area contributed by atoms with E-state index < -0.39 is 28.2 Å². The van der Waals surface area contributed by atoms with Gasteiger partial charge in [-0.1, -0.05) is 0 Å². The quantitative estimate of drug-likeness (QED) is 0.828. The van der Waals surface area contributed by atoms with Crippen LogP contribution < -0.4 is 10.1 Å². The van der Waals surface area contributed by atoms with E-state index in [0.717, 1.165) is 16.4 Å². The third kappa shape index (κ3) is 5.32. The van der Waals surface area contributed by atoms with Crippen molar-refractivity contribution >= 4 is 21.8 Å². The van der Waals surface area contributed by atoms with Crippen LogP contribution in [-0.2, 0) is 15.0 Å². The van der Waals surface area contributed by atoms with Crippen molar-refractivity contribution in [2.75, 3.05) is 32.5 Å². The van der Waals surface area contributed by atoms with E-state index in [-0.39, 0.29) is 12.5 Å². The first-order chi connectivity index (χ1) is 12.0. The Balaban J connectivity index is 1.99. The number of piperidine rings is 1. The Hall–Kier alpha value is -1.85. The van der Waals surface area contributed by atoms with Gasteiger partial charge in [-0.3, -0.25) is 4.79 Å². The number of nitrogens with one attached hydrogen (secondary N) is 1. The molecular formula is C15H20F3N3O4S. The number of carbonyl (C=O) groups excluding carboxylic acids is 1. The van der Waals surface area contributed by atoms with Gasteiger partial charge in [-0.15, -0.1) is 13.2 Å². The molecule has 0 bridgehead atoms. The van der Waals surface area contributed by atoms with Crippen LogP contribution >= 0.6 is 0 Å². The summed E-state index contributed by atoms with van der Waals surface area (Å²) < 4.78 is 66.9. The highest BCUT2D eigenvalue weighted by Gasteiger charge is 2.34. The second-order valence-electron chi connectivity index (χ2n) is 6.05. The number of benzene rings is 1. The topological polar surface area (TPSA) is 79.0 Å². The minimum atomic E-state index is -4.78. The lowest BCUT2D eigenvalue weighted by molar-refractivity contribution is -0.274. The van der Waals surface area contributed by atoms with E-state index in [9.17, 15) is 26.4 Å². The first kappa shape index (κ1) is 20.5. The average molecular weight is 395 g/mol. The van der Waals surface area contributed by atoms with Gasteiger partial charge in [-0.25, -0.2) is 0 Å². The molecule has 11 heteroatoms. The summed E-state index contributed by atoms with van der Waals surface area (Å²) >= 11 is 0. The first-order valence-electron chi connectivity index (χ1n) is 7.83. The Morgan fingerprint density at radius 2 is 1.88 bits per heavy atom. The standard InChI is InChI=1S/C15H20F3N3O4S/c1-20(2)26(23,24)21-9-3-4-11(10-21)14(22)19-12-5-7-13(8-6-12)25-15(16,17)18/h5-8,11H,3-4,9-10H2,1-2H3,(H,19,22). The summed E-state index contributed by atoms with van der Waals surface area (Å²) in [6.45, 7) is 0.398. The zero-order chi connectivity index (χ0) is 19.5. The normalized spacial score (nSPS) is 19.4. The fourth-order valence-corrected chi connectivity index (χ4v) is 3.77. The van der Waals surface area contributed by atoms with Crippen molar-refractivity contribution in [3.05, 3.63) is 24.3 Å². The highest BCUT2D eigenvalue weighted by molar-refractivity contribution is 7.86. The lowest BCUT2D eigenvalue weighted by Crippen LogP contribution is -2.47. The number of hydrogen-bond donors (Lipinski definition) is 1. The third-order valence-corrected chi connectivity index (χ3v) is 5.81. The molecule has 1 aromatic rings. The molecule has 1 atom stereocenters. The second-order valence-corrected chi connectivity index (χ2v) is 8.19. The van der Waals surface area contributed by atoms with Gasteiger partial charge in [0, 0.05) is 32.9 Å². The van der Waals surface area contributed by atoms with Crippen molar-refractivity contribution in [1.82, 2.24) is 8.61 Å². The summed E-state index contributed by atoms with van der Waals surface area (Å²) in [5.74, 6) is -1.31. The zero-order valence-electron chi connectivity index (χ0n) is 14.3. The molecule has 1 heterocycles. The number of ether oxygens (including phenoxy) is 1. The summed E-state index contributed by atoms with van der Waals surface area (Å²) in [6, 6.07) is 4.76. The molecule has 1 unspecified atom stereocenters. The van der Waals surface area contributed by atoms with E-state index in [2.05, 4.69) is 10.1 Å². The molecule has 0 aromatic heterocycles. The molecule has 1 saturated heterocycles.